The van der Waals surface area contributed by atoms with E-state index in [2.05, 4.69) is 5.32 Å². The quantitative estimate of drug-likeness (QED) is 0.695. The average molecular weight is 343 g/mol. The summed E-state index contributed by atoms with van der Waals surface area (Å²) in [6.45, 7) is 0. The number of phenols is 1. The standard InChI is InChI=1S/C18H17NO6/c1-24-14-9-11(10-15(25-2)16(14)20)8-13(18(22)23)19-17(21)12-6-4-3-5-7-12/h3-10,20H,1-2H3,(H,19,21)(H,22,23). The van der Waals surface area contributed by atoms with Gasteiger partial charge in [0.15, 0.2) is 11.5 Å². The van der Waals surface area contributed by atoms with Gasteiger partial charge in [0, 0.05) is 5.56 Å². The molecule has 7 nitrogen and oxygen atoms in total. The number of ether oxygens (including phenoxy) is 2. The molecule has 7 heteroatoms. The molecule has 1 amide bonds. The monoisotopic (exact) mass is 343 g/mol. The largest absolute Gasteiger partial charge is 0.502 e. The number of hydrogen-bond donors (Lipinski definition) is 3. The molecular formula is C18H17NO6. The number of rotatable bonds is 6. The number of amides is 1. The van der Waals surface area contributed by atoms with Gasteiger partial charge in [0.2, 0.25) is 5.75 Å². The van der Waals surface area contributed by atoms with Crippen molar-refractivity contribution in [2.45, 2.75) is 0 Å². The van der Waals surface area contributed by atoms with Crippen molar-refractivity contribution in [2.75, 3.05) is 14.2 Å². The highest BCUT2D eigenvalue weighted by atomic mass is 16.5. The van der Waals surface area contributed by atoms with E-state index >= 15 is 0 Å². The number of carbonyl (C=O) groups is 2. The minimum Gasteiger partial charge on any atom is -0.502 e. The fourth-order valence-electron chi connectivity index (χ4n) is 2.10. The van der Waals surface area contributed by atoms with Crippen LogP contribution in [0.15, 0.2) is 48.2 Å². The summed E-state index contributed by atoms with van der Waals surface area (Å²) in [4.78, 5) is 23.6. The van der Waals surface area contributed by atoms with E-state index in [0.29, 0.717) is 11.1 Å². The molecule has 0 aliphatic carbocycles. The third-order valence-electron chi connectivity index (χ3n) is 3.33. The zero-order chi connectivity index (χ0) is 18.4. The van der Waals surface area contributed by atoms with E-state index in [1.54, 1.807) is 30.3 Å². The van der Waals surface area contributed by atoms with Crippen molar-refractivity contribution < 1.29 is 29.3 Å². The summed E-state index contributed by atoms with van der Waals surface area (Å²) in [5, 5.41) is 21.6. The first-order valence-corrected chi connectivity index (χ1v) is 7.22. The van der Waals surface area contributed by atoms with Gasteiger partial charge in [-0.1, -0.05) is 18.2 Å². The molecule has 3 N–H and O–H groups in total. The number of carbonyl (C=O) groups excluding carboxylic acids is 1. The van der Waals surface area contributed by atoms with Crippen LogP contribution in [0, 0.1) is 0 Å². The molecule has 0 saturated carbocycles. The Bertz CT molecular complexity index is 789. The number of methoxy groups -OCH3 is 2. The molecule has 130 valence electrons. The Hall–Kier alpha value is -3.48. The first-order valence-electron chi connectivity index (χ1n) is 7.22. The number of carboxylic acids is 1. The van der Waals surface area contributed by atoms with E-state index in [0.717, 1.165) is 0 Å². The van der Waals surface area contributed by atoms with Gasteiger partial charge in [0.05, 0.1) is 14.2 Å². The maximum absolute atomic E-state index is 12.1. The van der Waals surface area contributed by atoms with Gasteiger partial charge in [-0.2, -0.15) is 0 Å². The second-order valence-electron chi connectivity index (χ2n) is 4.96. The lowest BCUT2D eigenvalue weighted by Crippen LogP contribution is -2.27. The van der Waals surface area contributed by atoms with Crippen molar-refractivity contribution in [1.82, 2.24) is 5.32 Å². The van der Waals surface area contributed by atoms with Crippen LogP contribution >= 0.6 is 0 Å². The number of benzene rings is 2. The van der Waals surface area contributed by atoms with Crippen LogP contribution in [-0.4, -0.2) is 36.3 Å². The van der Waals surface area contributed by atoms with Crippen LogP contribution in [0.5, 0.6) is 17.2 Å². The van der Waals surface area contributed by atoms with Gasteiger partial charge in [-0.25, -0.2) is 4.79 Å². The molecule has 0 fully saturated rings. The molecule has 2 rings (SSSR count). The lowest BCUT2D eigenvalue weighted by atomic mass is 10.1. The number of aliphatic carboxylic acids is 1. The van der Waals surface area contributed by atoms with Crippen LogP contribution in [0.3, 0.4) is 0 Å². The van der Waals surface area contributed by atoms with Crippen molar-refractivity contribution in [1.29, 1.82) is 0 Å². The number of carboxylic acid groups (broad SMARTS) is 1. The molecule has 0 atom stereocenters. The average Bonchev–Trinajstić information content (AvgIpc) is 2.62. The minimum absolute atomic E-state index is 0.115. The summed E-state index contributed by atoms with van der Waals surface area (Å²) in [7, 11) is 2.72. The number of nitrogens with one attached hydrogen (secondary N) is 1. The molecule has 0 saturated heterocycles. The summed E-state index contributed by atoms with van der Waals surface area (Å²) in [5.41, 5.74) is 0.372. The Balaban J connectivity index is 2.37. The molecule has 0 spiro atoms. The summed E-state index contributed by atoms with van der Waals surface area (Å²) in [6.07, 6.45) is 1.24. The van der Waals surface area contributed by atoms with Gasteiger partial charge in [-0.05, 0) is 35.9 Å². The van der Waals surface area contributed by atoms with E-state index in [4.69, 9.17) is 9.47 Å². The van der Waals surface area contributed by atoms with Gasteiger partial charge >= 0.3 is 5.97 Å². The van der Waals surface area contributed by atoms with Crippen molar-refractivity contribution in [3.8, 4) is 17.2 Å². The zero-order valence-electron chi connectivity index (χ0n) is 13.6. The van der Waals surface area contributed by atoms with Crippen LogP contribution in [0.2, 0.25) is 0 Å². The summed E-state index contributed by atoms with van der Waals surface area (Å²) in [5.74, 6) is -1.83. The van der Waals surface area contributed by atoms with Gasteiger partial charge in [-0.15, -0.1) is 0 Å². The van der Waals surface area contributed by atoms with E-state index in [9.17, 15) is 19.8 Å². The van der Waals surface area contributed by atoms with Gasteiger partial charge < -0.3 is 25.0 Å². The Kier molecular flexibility index (Phi) is 5.62. The highest BCUT2D eigenvalue weighted by molar-refractivity contribution is 6.02. The molecule has 0 radical (unpaired) electrons. The Morgan fingerprint density at radius 2 is 1.60 bits per heavy atom. The van der Waals surface area contributed by atoms with Crippen LogP contribution in [0.25, 0.3) is 6.08 Å². The predicted octanol–water partition coefficient (Wildman–Crippen LogP) is 2.26. The Morgan fingerprint density at radius 3 is 2.08 bits per heavy atom. The summed E-state index contributed by atoms with van der Waals surface area (Å²) in [6, 6.07) is 11.1. The third-order valence-corrected chi connectivity index (χ3v) is 3.33. The van der Waals surface area contributed by atoms with Crippen LogP contribution in [0.4, 0.5) is 0 Å². The lowest BCUT2D eigenvalue weighted by Gasteiger charge is -2.11. The Labute approximate surface area is 144 Å². The van der Waals surface area contributed by atoms with Gasteiger partial charge in [0.25, 0.3) is 5.91 Å². The summed E-state index contributed by atoms with van der Waals surface area (Å²) < 4.78 is 10.1. The number of phenolic OH excluding ortho intramolecular Hbond substituents is 1. The second kappa shape index (κ2) is 7.87. The van der Waals surface area contributed by atoms with Crippen molar-refractivity contribution in [3.63, 3.8) is 0 Å². The molecule has 0 heterocycles. The molecule has 2 aromatic carbocycles. The number of hydrogen-bond acceptors (Lipinski definition) is 5. The minimum atomic E-state index is -1.31. The molecule has 0 unspecified atom stereocenters. The molecule has 0 aromatic heterocycles. The fraction of sp³-hybridized carbons (Fsp3) is 0.111. The third kappa shape index (κ3) is 4.29. The van der Waals surface area contributed by atoms with Crippen LogP contribution < -0.4 is 14.8 Å². The van der Waals surface area contributed by atoms with E-state index in [1.807, 2.05) is 0 Å². The normalized spacial score (nSPS) is 10.9. The van der Waals surface area contributed by atoms with E-state index in [-0.39, 0.29) is 22.9 Å². The van der Waals surface area contributed by atoms with Crippen molar-refractivity contribution in [3.05, 3.63) is 59.3 Å². The first kappa shape index (κ1) is 17.9. The zero-order valence-corrected chi connectivity index (χ0v) is 13.6. The number of aromatic hydroxyl groups is 1. The topological polar surface area (TPSA) is 105 Å². The highest BCUT2D eigenvalue weighted by Gasteiger charge is 2.15. The van der Waals surface area contributed by atoms with E-state index < -0.39 is 11.9 Å². The first-order chi connectivity index (χ1) is 12.0. The fourth-order valence-corrected chi connectivity index (χ4v) is 2.10. The maximum Gasteiger partial charge on any atom is 0.352 e. The summed E-state index contributed by atoms with van der Waals surface area (Å²) >= 11 is 0. The van der Waals surface area contributed by atoms with Crippen molar-refractivity contribution in [2.24, 2.45) is 0 Å². The maximum atomic E-state index is 12.1. The second-order valence-corrected chi connectivity index (χ2v) is 4.96. The van der Waals surface area contributed by atoms with Crippen LogP contribution in [-0.2, 0) is 4.79 Å². The predicted molar refractivity (Wildman–Crippen MR) is 90.7 cm³/mol. The molecule has 0 aliphatic heterocycles. The highest BCUT2D eigenvalue weighted by Crippen LogP contribution is 2.37. The smallest absolute Gasteiger partial charge is 0.352 e. The van der Waals surface area contributed by atoms with Gasteiger partial charge in [-0.3, -0.25) is 4.79 Å². The molecule has 25 heavy (non-hydrogen) atoms. The molecule has 0 bridgehead atoms. The Morgan fingerprint density at radius 1 is 1.04 bits per heavy atom. The van der Waals surface area contributed by atoms with Crippen molar-refractivity contribution >= 4 is 18.0 Å². The molecule has 2 aromatic rings. The van der Waals surface area contributed by atoms with Crippen LogP contribution in [0.1, 0.15) is 15.9 Å². The SMILES string of the molecule is COc1cc(C=C(NC(=O)c2ccccc2)C(=O)O)cc(OC)c1O. The molecular weight excluding hydrogens is 326 g/mol. The van der Waals surface area contributed by atoms with E-state index in [1.165, 1.54) is 32.4 Å². The van der Waals surface area contributed by atoms with Gasteiger partial charge in [0.1, 0.15) is 5.70 Å². The lowest BCUT2D eigenvalue weighted by molar-refractivity contribution is -0.132. The molecule has 0 aliphatic rings.